The molecule has 1 heterocycles. The van der Waals surface area contributed by atoms with Gasteiger partial charge in [0.15, 0.2) is 17.1 Å². The molecule has 0 fully saturated rings. The summed E-state index contributed by atoms with van der Waals surface area (Å²) in [6.45, 7) is 0. The number of aromatic nitrogens is 1. The van der Waals surface area contributed by atoms with Gasteiger partial charge in [0.25, 0.3) is 0 Å². The van der Waals surface area contributed by atoms with Gasteiger partial charge in [-0.15, -0.1) is 0 Å². The van der Waals surface area contributed by atoms with Crippen LogP contribution in [0.5, 0.6) is 17.2 Å². The highest BCUT2D eigenvalue weighted by Crippen LogP contribution is 2.33. The fraction of sp³-hybridized carbons (Fsp3) is 0.0690. The molecule has 0 unspecified atom stereocenters. The maximum absolute atomic E-state index is 12.5. The highest BCUT2D eigenvalue weighted by atomic mass is 79.9. The third kappa shape index (κ3) is 5.56. The summed E-state index contributed by atoms with van der Waals surface area (Å²) in [6, 6.07) is 22.8. The minimum Gasteiger partial charge on any atom is -0.496 e. The van der Waals surface area contributed by atoms with E-state index in [1.54, 1.807) is 55.8 Å². The average molecular weight is 592 g/mol. The molecule has 1 aromatic heterocycles. The number of carbonyl (C=O) groups is 1. The average Bonchev–Trinajstić information content (AvgIpc) is 3.36. The molecule has 5 aromatic rings. The number of fused-ring (bicyclic) bond motifs is 1. The van der Waals surface area contributed by atoms with Crippen molar-refractivity contribution in [1.29, 1.82) is 0 Å². The molecule has 0 aliphatic carbocycles. The van der Waals surface area contributed by atoms with Crippen LogP contribution in [0.25, 0.3) is 22.6 Å². The zero-order chi connectivity index (χ0) is 26.6. The lowest BCUT2D eigenvalue weighted by Crippen LogP contribution is -2.09. The first-order valence-corrected chi connectivity index (χ1v) is 12.5. The molecule has 0 atom stereocenters. The van der Waals surface area contributed by atoms with E-state index < -0.39 is 5.97 Å². The standard InChI is InChI=1S/C29H20BrClN2O5/c1-35-24-11-6-19(14-22(24)30)28-33-23-15-21(9-12-25(23)37-28)32-16-17-3-10-26(27(13-17)36-2)38-29(34)18-4-7-20(31)8-5-18/h3-16H,1-2H3. The van der Waals surface area contributed by atoms with Crippen LogP contribution in [0.3, 0.4) is 0 Å². The second kappa shape index (κ2) is 11.1. The fourth-order valence-corrected chi connectivity index (χ4v) is 4.33. The van der Waals surface area contributed by atoms with E-state index in [9.17, 15) is 4.79 Å². The summed E-state index contributed by atoms with van der Waals surface area (Å²) in [5.41, 5.74) is 4.00. The zero-order valence-electron chi connectivity index (χ0n) is 20.3. The predicted molar refractivity (Wildman–Crippen MR) is 150 cm³/mol. The summed E-state index contributed by atoms with van der Waals surface area (Å²) >= 11 is 9.38. The van der Waals surface area contributed by atoms with E-state index in [1.807, 2.05) is 36.4 Å². The van der Waals surface area contributed by atoms with E-state index in [-0.39, 0.29) is 0 Å². The number of nitrogens with zero attached hydrogens (tertiary/aromatic N) is 2. The largest absolute Gasteiger partial charge is 0.496 e. The smallest absolute Gasteiger partial charge is 0.343 e. The van der Waals surface area contributed by atoms with Crippen molar-refractivity contribution in [2.45, 2.75) is 0 Å². The van der Waals surface area contributed by atoms with Gasteiger partial charge in [-0.05, 0) is 100 Å². The Hall–Kier alpha value is -4.14. The normalized spacial score (nSPS) is 11.2. The molecule has 0 amide bonds. The first-order valence-electron chi connectivity index (χ1n) is 11.4. The maximum Gasteiger partial charge on any atom is 0.343 e. The Labute approximate surface area is 231 Å². The summed E-state index contributed by atoms with van der Waals surface area (Å²) in [7, 11) is 3.12. The van der Waals surface area contributed by atoms with E-state index in [0.29, 0.717) is 44.8 Å². The lowest BCUT2D eigenvalue weighted by Gasteiger charge is -2.10. The van der Waals surface area contributed by atoms with E-state index >= 15 is 0 Å². The van der Waals surface area contributed by atoms with Gasteiger partial charge in [0.2, 0.25) is 5.89 Å². The van der Waals surface area contributed by atoms with E-state index in [2.05, 4.69) is 25.9 Å². The molecule has 4 aromatic carbocycles. The monoisotopic (exact) mass is 590 g/mol. The summed E-state index contributed by atoms with van der Waals surface area (Å²) in [5, 5.41) is 0.538. The molecular weight excluding hydrogens is 572 g/mol. The molecule has 0 N–H and O–H groups in total. The molecule has 38 heavy (non-hydrogen) atoms. The van der Waals surface area contributed by atoms with Gasteiger partial charge >= 0.3 is 5.97 Å². The zero-order valence-corrected chi connectivity index (χ0v) is 22.6. The second-order valence-corrected chi connectivity index (χ2v) is 9.38. The van der Waals surface area contributed by atoms with Crippen molar-refractivity contribution in [3.63, 3.8) is 0 Å². The Morgan fingerprint density at radius 1 is 0.921 bits per heavy atom. The first kappa shape index (κ1) is 25.5. The minimum atomic E-state index is -0.510. The predicted octanol–water partition coefficient (Wildman–Crippen LogP) is 7.90. The number of hydrogen-bond acceptors (Lipinski definition) is 7. The number of rotatable bonds is 7. The van der Waals surface area contributed by atoms with Gasteiger partial charge in [-0.1, -0.05) is 11.6 Å². The van der Waals surface area contributed by atoms with Crippen LogP contribution in [0.4, 0.5) is 5.69 Å². The number of benzene rings is 4. The molecule has 0 aliphatic rings. The van der Waals surface area contributed by atoms with Crippen LogP contribution in [-0.4, -0.2) is 31.4 Å². The van der Waals surface area contributed by atoms with Crippen molar-refractivity contribution < 1.29 is 23.4 Å². The fourth-order valence-electron chi connectivity index (χ4n) is 3.66. The lowest BCUT2D eigenvalue weighted by molar-refractivity contribution is 0.0729. The summed E-state index contributed by atoms with van der Waals surface area (Å²) in [6.07, 6.45) is 1.69. The third-order valence-corrected chi connectivity index (χ3v) is 6.47. The molecule has 0 aliphatic heterocycles. The van der Waals surface area contributed by atoms with Crippen LogP contribution >= 0.6 is 27.5 Å². The molecule has 0 saturated heterocycles. The van der Waals surface area contributed by atoms with Crippen LogP contribution < -0.4 is 14.2 Å². The molecule has 5 rings (SSSR count). The SMILES string of the molecule is COc1ccc(-c2nc3cc(N=Cc4ccc(OC(=O)c5ccc(Cl)cc5)c(OC)c4)ccc3o2)cc1Br. The van der Waals surface area contributed by atoms with Crippen molar-refractivity contribution in [2.24, 2.45) is 4.99 Å². The maximum atomic E-state index is 12.5. The van der Waals surface area contributed by atoms with Gasteiger partial charge in [-0.2, -0.15) is 0 Å². The molecule has 0 bridgehead atoms. The quantitative estimate of drug-likeness (QED) is 0.109. The highest BCUT2D eigenvalue weighted by molar-refractivity contribution is 9.10. The van der Waals surface area contributed by atoms with Crippen LogP contribution in [0.1, 0.15) is 15.9 Å². The van der Waals surface area contributed by atoms with Crippen LogP contribution in [0, 0.1) is 0 Å². The molecule has 0 spiro atoms. The van der Waals surface area contributed by atoms with Gasteiger partial charge in [0.05, 0.1) is 29.9 Å². The second-order valence-electron chi connectivity index (χ2n) is 8.09. The van der Waals surface area contributed by atoms with E-state index in [1.165, 1.54) is 7.11 Å². The van der Waals surface area contributed by atoms with Gasteiger partial charge in [-0.25, -0.2) is 9.78 Å². The molecule has 0 radical (unpaired) electrons. The number of carbonyl (C=O) groups excluding carboxylic acids is 1. The number of halogens is 2. The van der Waals surface area contributed by atoms with Crippen molar-refractivity contribution in [1.82, 2.24) is 4.98 Å². The number of methoxy groups -OCH3 is 2. The number of oxazole rings is 1. The van der Waals surface area contributed by atoms with Crippen molar-refractivity contribution in [2.75, 3.05) is 14.2 Å². The summed E-state index contributed by atoms with van der Waals surface area (Å²) in [4.78, 5) is 21.6. The van der Waals surface area contributed by atoms with Crippen LogP contribution in [-0.2, 0) is 0 Å². The third-order valence-electron chi connectivity index (χ3n) is 5.60. The van der Waals surface area contributed by atoms with Crippen LogP contribution in [0.2, 0.25) is 5.02 Å². The summed E-state index contributed by atoms with van der Waals surface area (Å²) < 4.78 is 23.0. The van der Waals surface area contributed by atoms with Gasteiger partial charge < -0.3 is 18.6 Å². The molecule has 190 valence electrons. The minimum absolute atomic E-state index is 0.298. The number of ether oxygens (including phenoxy) is 3. The topological polar surface area (TPSA) is 83.2 Å². The Morgan fingerprint density at radius 3 is 2.42 bits per heavy atom. The van der Waals surface area contributed by atoms with Gasteiger partial charge in [0.1, 0.15) is 11.3 Å². The Bertz CT molecular complexity index is 1660. The number of aliphatic imine (C=N–C) groups is 1. The van der Waals surface area contributed by atoms with E-state index in [4.69, 9.17) is 30.2 Å². The number of esters is 1. The summed E-state index contributed by atoms with van der Waals surface area (Å²) in [5.74, 6) is 1.41. The first-order chi connectivity index (χ1) is 18.4. The van der Waals surface area contributed by atoms with Crippen molar-refractivity contribution in [3.8, 4) is 28.7 Å². The van der Waals surface area contributed by atoms with Crippen LogP contribution in [0.15, 0.2) is 92.7 Å². The Morgan fingerprint density at radius 2 is 1.68 bits per heavy atom. The molecule has 7 nitrogen and oxygen atoms in total. The lowest BCUT2D eigenvalue weighted by atomic mass is 10.2. The molecular formula is C29H20BrClN2O5. The van der Waals surface area contributed by atoms with Crippen molar-refractivity contribution in [3.05, 3.63) is 99.5 Å². The van der Waals surface area contributed by atoms with Crippen molar-refractivity contribution >= 4 is 56.5 Å². The number of hydrogen-bond donors (Lipinski definition) is 0. The van der Waals surface area contributed by atoms with E-state index in [0.717, 1.165) is 21.3 Å². The van der Waals surface area contributed by atoms with Gasteiger partial charge in [0, 0.05) is 16.8 Å². The Kier molecular flexibility index (Phi) is 7.44. The molecule has 9 heteroatoms. The van der Waals surface area contributed by atoms with Gasteiger partial charge in [-0.3, -0.25) is 4.99 Å². The highest BCUT2D eigenvalue weighted by Gasteiger charge is 2.14. The molecule has 0 saturated carbocycles. The Balaban J connectivity index is 1.33.